The summed E-state index contributed by atoms with van der Waals surface area (Å²) in [6.07, 6.45) is 2.25. The van der Waals surface area contributed by atoms with E-state index in [1.165, 1.54) is 12.6 Å². The van der Waals surface area contributed by atoms with Crippen molar-refractivity contribution < 1.29 is 8.42 Å². The van der Waals surface area contributed by atoms with E-state index < -0.39 is 10.0 Å². The van der Waals surface area contributed by atoms with E-state index in [4.69, 9.17) is 11.6 Å². The van der Waals surface area contributed by atoms with Crippen LogP contribution in [0.1, 0.15) is 29.5 Å². The molecule has 29 heavy (non-hydrogen) atoms. The van der Waals surface area contributed by atoms with Gasteiger partial charge in [-0.05, 0) is 48.7 Å². The average Bonchev–Trinajstić information content (AvgIpc) is 3.49. The average molecular weight is 435 g/mol. The number of hydrogen-bond donors (Lipinski definition) is 3. The lowest BCUT2D eigenvalue weighted by Crippen LogP contribution is -2.40. The van der Waals surface area contributed by atoms with Gasteiger partial charge in [-0.3, -0.25) is 4.99 Å². The van der Waals surface area contributed by atoms with E-state index in [-0.39, 0.29) is 11.2 Å². The molecule has 0 heterocycles. The Kier molecular flexibility index (Phi) is 6.82. The second-order valence-corrected chi connectivity index (χ2v) is 9.72. The molecule has 156 valence electrons. The van der Waals surface area contributed by atoms with Crippen molar-refractivity contribution >= 4 is 27.6 Å². The molecular weight excluding hydrogens is 408 g/mol. The summed E-state index contributed by atoms with van der Waals surface area (Å²) >= 11 is 6.15. The van der Waals surface area contributed by atoms with Gasteiger partial charge >= 0.3 is 0 Å². The van der Waals surface area contributed by atoms with Gasteiger partial charge in [0.05, 0.1) is 5.75 Å². The number of hydrogen-bond acceptors (Lipinski definition) is 3. The SMILES string of the molecule is CN=C(NCc1cccc(CS(=O)(=O)NC)c1)NCC1(c2cccc(Cl)c2)CC1. The third kappa shape index (κ3) is 5.95. The van der Waals surface area contributed by atoms with Crippen molar-refractivity contribution in [1.82, 2.24) is 15.4 Å². The molecule has 0 unspecified atom stereocenters. The Morgan fingerprint density at radius 3 is 2.48 bits per heavy atom. The van der Waals surface area contributed by atoms with Gasteiger partial charge in [0.15, 0.2) is 5.96 Å². The quantitative estimate of drug-likeness (QED) is 0.440. The third-order valence-electron chi connectivity index (χ3n) is 5.23. The molecule has 0 aliphatic heterocycles. The van der Waals surface area contributed by atoms with E-state index in [1.807, 2.05) is 42.5 Å². The van der Waals surface area contributed by atoms with Gasteiger partial charge in [-0.2, -0.15) is 0 Å². The molecule has 3 rings (SSSR count). The van der Waals surface area contributed by atoms with Crippen molar-refractivity contribution in [1.29, 1.82) is 0 Å². The van der Waals surface area contributed by atoms with E-state index in [1.54, 1.807) is 7.05 Å². The van der Waals surface area contributed by atoms with Crippen molar-refractivity contribution in [3.63, 3.8) is 0 Å². The molecule has 0 radical (unpaired) electrons. The number of benzene rings is 2. The molecule has 0 spiro atoms. The molecule has 0 atom stereocenters. The molecule has 0 amide bonds. The van der Waals surface area contributed by atoms with Gasteiger partial charge in [0.2, 0.25) is 10.0 Å². The molecule has 0 bridgehead atoms. The summed E-state index contributed by atoms with van der Waals surface area (Å²) in [5, 5.41) is 7.47. The van der Waals surface area contributed by atoms with Crippen LogP contribution >= 0.6 is 11.6 Å². The summed E-state index contributed by atoms with van der Waals surface area (Å²) in [5.41, 5.74) is 3.11. The van der Waals surface area contributed by atoms with E-state index in [9.17, 15) is 8.42 Å². The second-order valence-electron chi connectivity index (χ2n) is 7.35. The topological polar surface area (TPSA) is 82.6 Å². The fourth-order valence-corrected chi connectivity index (χ4v) is 4.27. The lowest BCUT2D eigenvalue weighted by Gasteiger charge is -2.19. The Labute approximate surface area is 177 Å². The molecule has 1 saturated carbocycles. The maximum atomic E-state index is 11.8. The summed E-state index contributed by atoms with van der Waals surface area (Å²) in [4.78, 5) is 4.30. The number of sulfonamides is 1. The first-order valence-electron chi connectivity index (χ1n) is 9.55. The molecular formula is C21H27ClN4O2S. The van der Waals surface area contributed by atoms with E-state index >= 15 is 0 Å². The summed E-state index contributed by atoms with van der Waals surface area (Å²) in [5.74, 6) is 0.679. The highest BCUT2D eigenvalue weighted by molar-refractivity contribution is 7.88. The lowest BCUT2D eigenvalue weighted by molar-refractivity contribution is 0.587. The normalized spacial score (nSPS) is 15.8. The number of nitrogens with zero attached hydrogens (tertiary/aromatic N) is 1. The van der Waals surface area contributed by atoms with Crippen LogP contribution < -0.4 is 15.4 Å². The van der Waals surface area contributed by atoms with E-state index in [0.29, 0.717) is 12.5 Å². The first kappa shape index (κ1) is 21.6. The van der Waals surface area contributed by atoms with E-state index in [2.05, 4.69) is 26.4 Å². The highest BCUT2D eigenvalue weighted by Gasteiger charge is 2.44. The minimum atomic E-state index is -3.29. The first-order valence-corrected chi connectivity index (χ1v) is 11.6. The van der Waals surface area contributed by atoms with Crippen molar-refractivity contribution in [2.75, 3.05) is 20.6 Å². The van der Waals surface area contributed by atoms with Crippen LogP contribution in [0.15, 0.2) is 53.5 Å². The maximum Gasteiger partial charge on any atom is 0.215 e. The monoisotopic (exact) mass is 434 g/mol. The smallest absolute Gasteiger partial charge is 0.215 e. The first-order chi connectivity index (χ1) is 13.9. The molecule has 0 saturated heterocycles. The van der Waals surface area contributed by atoms with Gasteiger partial charge in [-0.15, -0.1) is 0 Å². The molecule has 3 N–H and O–H groups in total. The van der Waals surface area contributed by atoms with Crippen molar-refractivity contribution in [2.45, 2.75) is 30.6 Å². The lowest BCUT2D eigenvalue weighted by atomic mass is 9.96. The zero-order chi connectivity index (χ0) is 20.9. The Morgan fingerprint density at radius 2 is 1.83 bits per heavy atom. The van der Waals surface area contributed by atoms with Gasteiger partial charge in [0.1, 0.15) is 0 Å². The number of halogens is 1. The molecule has 6 nitrogen and oxygen atoms in total. The fraction of sp³-hybridized carbons (Fsp3) is 0.381. The van der Waals surface area contributed by atoms with Crippen molar-refractivity contribution in [3.05, 3.63) is 70.2 Å². The van der Waals surface area contributed by atoms with Crippen LogP contribution in [0.3, 0.4) is 0 Å². The third-order valence-corrected chi connectivity index (χ3v) is 6.80. The predicted octanol–water partition coefficient (Wildman–Crippen LogP) is 2.79. The molecule has 2 aromatic carbocycles. The van der Waals surface area contributed by atoms with E-state index in [0.717, 1.165) is 35.5 Å². The maximum absolute atomic E-state index is 11.8. The molecule has 0 aromatic heterocycles. The second kappa shape index (κ2) is 9.15. The molecule has 1 aliphatic rings. The highest BCUT2D eigenvalue weighted by atomic mass is 35.5. The summed E-state index contributed by atoms with van der Waals surface area (Å²) in [6, 6.07) is 15.6. The minimum Gasteiger partial charge on any atom is -0.356 e. The summed E-state index contributed by atoms with van der Waals surface area (Å²) in [6.45, 7) is 1.34. The highest BCUT2D eigenvalue weighted by Crippen LogP contribution is 2.48. The molecule has 1 aliphatic carbocycles. The van der Waals surface area contributed by atoms with Crippen LogP contribution in [-0.2, 0) is 27.7 Å². The van der Waals surface area contributed by atoms with Crippen LogP contribution in [-0.4, -0.2) is 35.0 Å². The number of nitrogens with one attached hydrogen (secondary N) is 3. The van der Waals surface area contributed by atoms with Crippen LogP contribution in [0.5, 0.6) is 0 Å². The number of rotatable bonds is 8. The van der Waals surface area contributed by atoms with Gasteiger partial charge < -0.3 is 10.6 Å². The van der Waals surface area contributed by atoms with Gasteiger partial charge in [0.25, 0.3) is 0 Å². The molecule has 8 heteroatoms. The van der Waals surface area contributed by atoms with Crippen LogP contribution in [0, 0.1) is 0 Å². The zero-order valence-corrected chi connectivity index (χ0v) is 18.3. The van der Waals surface area contributed by atoms with Crippen LogP contribution in [0.2, 0.25) is 5.02 Å². The fourth-order valence-electron chi connectivity index (χ4n) is 3.32. The Hall–Kier alpha value is -2.09. The molecule has 2 aromatic rings. The minimum absolute atomic E-state index is 0.0352. The van der Waals surface area contributed by atoms with Gasteiger partial charge in [-0.1, -0.05) is 48.0 Å². The van der Waals surface area contributed by atoms with Gasteiger partial charge in [-0.25, -0.2) is 13.1 Å². The number of aliphatic imine (C=N–C) groups is 1. The van der Waals surface area contributed by atoms with Gasteiger partial charge in [0, 0.05) is 30.6 Å². The zero-order valence-electron chi connectivity index (χ0n) is 16.7. The summed E-state index contributed by atoms with van der Waals surface area (Å²) < 4.78 is 25.8. The number of guanidine groups is 1. The Morgan fingerprint density at radius 1 is 1.10 bits per heavy atom. The summed E-state index contributed by atoms with van der Waals surface area (Å²) in [7, 11) is -0.125. The Bertz CT molecular complexity index is 988. The predicted molar refractivity (Wildman–Crippen MR) is 119 cm³/mol. The van der Waals surface area contributed by atoms with Crippen LogP contribution in [0.4, 0.5) is 0 Å². The van der Waals surface area contributed by atoms with Crippen molar-refractivity contribution in [2.24, 2.45) is 4.99 Å². The standard InChI is InChI=1S/C21H27ClN4O2S/c1-23-20(26-15-21(9-10-21)18-7-4-8-19(22)12-18)25-13-16-5-3-6-17(11-16)14-29(27,28)24-2/h3-8,11-12,24H,9-10,13-15H2,1-2H3,(H2,23,25,26). The molecule has 1 fully saturated rings. The largest absolute Gasteiger partial charge is 0.356 e. The van der Waals surface area contributed by atoms with Crippen LogP contribution in [0.25, 0.3) is 0 Å². The Balaban J connectivity index is 1.56. The van der Waals surface area contributed by atoms with Crippen molar-refractivity contribution in [3.8, 4) is 0 Å².